The highest BCUT2D eigenvalue weighted by atomic mass is 16.7. The average Bonchev–Trinajstić information content (AvgIpc) is 3.61. The van der Waals surface area contributed by atoms with Crippen molar-refractivity contribution in [2.24, 2.45) is 0 Å². The van der Waals surface area contributed by atoms with Gasteiger partial charge in [0.25, 0.3) is 17.5 Å². The molecule has 5 rings (SSSR count). The second-order valence-corrected chi connectivity index (χ2v) is 18.3. The smallest absolute Gasteiger partial charge is 0.497 e. The minimum Gasteiger partial charge on any atom is -0.497 e. The lowest BCUT2D eigenvalue weighted by molar-refractivity contribution is -0.384. The average molecular weight is 1110 g/mol. The van der Waals surface area contributed by atoms with Crippen LogP contribution in [0, 0.1) is 10.1 Å². The molecule has 17 heteroatoms. The van der Waals surface area contributed by atoms with E-state index in [0.717, 1.165) is 21.8 Å². The number of methoxy groups -OCH3 is 1. The number of nitrogens with zero attached hydrogens (tertiary/aromatic N) is 2. The molecule has 5 amide bonds. The number of imide groups is 1. The number of rotatable bonds is 29. The van der Waals surface area contributed by atoms with Crippen LogP contribution in [-0.4, -0.2) is 77.8 Å². The first kappa shape index (κ1) is 68.7. The number of amides is 5. The molecule has 0 saturated carbocycles. The van der Waals surface area contributed by atoms with Crippen molar-refractivity contribution in [1.82, 2.24) is 20.9 Å². The summed E-state index contributed by atoms with van der Waals surface area (Å²) in [4.78, 5) is 89.7. The summed E-state index contributed by atoms with van der Waals surface area (Å²) in [5, 5.41) is 23.5. The molecule has 0 bridgehead atoms. The number of hydrogen-bond acceptors (Lipinski definition) is 12. The van der Waals surface area contributed by atoms with E-state index >= 15 is 0 Å². The molecule has 0 fully saturated rings. The molecule has 2 aliphatic rings. The molecule has 1 aliphatic heterocycles. The molecule has 3 atom stereocenters. The molecule has 0 aromatic heterocycles. The van der Waals surface area contributed by atoms with Crippen LogP contribution < -0.4 is 30.7 Å². The molecule has 3 aromatic carbocycles. The fourth-order valence-corrected chi connectivity index (χ4v) is 8.06. The number of hydrogen-bond donors (Lipinski definition) is 4. The van der Waals surface area contributed by atoms with E-state index in [2.05, 4.69) is 40.5 Å². The largest absolute Gasteiger partial charge is 0.514 e. The minimum absolute atomic E-state index is 0.0716. The number of nitro groups is 1. The summed E-state index contributed by atoms with van der Waals surface area (Å²) in [6.07, 6.45) is 28.2. The molecule has 81 heavy (non-hydrogen) atoms. The fraction of sp³-hybridized carbons (Fsp3) is 0.375. The predicted molar refractivity (Wildman–Crippen MR) is 321 cm³/mol. The third-order valence-corrected chi connectivity index (χ3v) is 12.3. The molecule has 0 radical (unpaired) electrons. The lowest BCUT2D eigenvalue weighted by atomic mass is 9.83. The monoisotopic (exact) mass is 1110 g/mol. The number of unbranched alkanes of at least 4 members (excludes halogenated alkanes) is 3. The summed E-state index contributed by atoms with van der Waals surface area (Å²) in [5.41, 5.74) is 2.26. The zero-order valence-electron chi connectivity index (χ0n) is 48.3. The molecule has 1 aliphatic carbocycles. The van der Waals surface area contributed by atoms with Gasteiger partial charge < -0.3 is 35.5 Å². The van der Waals surface area contributed by atoms with Crippen molar-refractivity contribution in [2.75, 3.05) is 25.5 Å². The van der Waals surface area contributed by atoms with Gasteiger partial charge in [-0.05, 0) is 139 Å². The van der Waals surface area contributed by atoms with Crippen LogP contribution in [0.2, 0.25) is 0 Å². The van der Waals surface area contributed by atoms with Gasteiger partial charge in [0.15, 0.2) is 0 Å². The minimum atomic E-state index is -1.02. The molecule has 1 heterocycles. The van der Waals surface area contributed by atoms with Gasteiger partial charge in [-0.25, -0.2) is 4.79 Å². The highest BCUT2D eigenvalue weighted by molar-refractivity contribution is 6.12. The number of carbonyl (C=O) groups is 6. The number of nitro benzene ring substituents is 1. The second-order valence-electron chi connectivity index (χ2n) is 18.3. The maximum atomic E-state index is 14.3. The molecule has 17 nitrogen and oxygen atoms in total. The number of benzene rings is 3. The Labute approximate surface area is 479 Å². The number of ether oxygens (including phenoxy) is 3. The molecule has 2 unspecified atom stereocenters. The normalized spacial score (nSPS) is 13.8. The number of nitrogens with one attached hydrogen (secondary N) is 4. The Kier molecular flexibility index (Phi) is 33.8. The topological polar surface area (TPSA) is 225 Å². The van der Waals surface area contributed by atoms with Crippen molar-refractivity contribution in [3.63, 3.8) is 0 Å². The van der Waals surface area contributed by atoms with Gasteiger partial charge in [0.2, 0.25) is 17.7 Å². The lowest BCUT2D eigenvalue weighted by Crippen LogP contribution is -2.52. The van der Waals surface area contributed by atoms with Gasteiger partial charge in [0, 0.05) is 49.4 Å². The molecule has 4 N–H and O–H groups in total. The zero-order chi connectivity index (χ0) is 59.8. The summed E-state index contributed by atoms with van der Waals surface area (Å²) in [7, 11) is 1.63. The maximum absolute atomic E-state index is 14.3. The van der Waals surface area contributed by atoms with Crippen LogP contribution in [0.4, 0.5) is 16.2 Å². The van der Waals surface area contributed by atoms with Crippen molar-refractivity contribution in [2.45, 2.75) is 136 Å². The van der Waals surface area contributed by atoms with Crippen LogP contribution in [0.1, 0.15) is 123 Å². The van der Waals surface area contributed by atoms with Crippen LogP contribution in [0.25, 0.3) is 0 Å². The van der Waals surface area contributed by atoms with E-state index in [4.69, 9.17) is 14.2 Å². The molecule has 3 aromatic rings. The zero-order valence-corrected chi connectivity index (χ0v) is 48.3. The van der Waals surface area contributed by atoms with E-state index in [1.54, 1.807) is 37.5 Å². The quantitative estimate of drug-likeness (QED) is 0.00969. The van der Waals surface area contributed by atoms with Gasteiger partial charge in [0.05, 0.1) is 17.6 Å². The summed E-state index contributed by atoms with van der Waals surface area (Å²) in [6, 6.07) is 17.4. The summed E-state index contributed by atoms with van der Waals surface area (Å²) >= 11 is 0. The van der Waals surface area contributed by atoms with Crippen molar-refractivity contribution in [1.29, 1.82) is 0 Å². The second kappa shape index (κ2) is 39.8. The van der Waals surface area contributed by atoms with Gasteiger partial charge in [-0.2, -0.15) is 0 Å². The van der Waals surface area contributed by atoms with E-state index in [9.17, 15) is 38.9 Å². The number of carbonyl (C=O) groups excluding carboxylic acids is 6. The van der Waals surface area contributed by atoms with Crippen molar-refractivity contribution < 1.29 is 47.9 Å². The number of allylic oxidation sites excluding steroid dienone is 9. The SMILES string of the molecule is C/C=C\C.C=CC.C=CCC(C/C=C\C)(NCCCCC(NC(=O)[C@H](CC1=CC=CCC=C1)NC(=O)CCCCCN1C(=O)C=CC1=O)C(=O)Nc1ccc(COC(=O)Oc2ccc([N+](=O)[O-])cc2)cc1)c1ccc(OC)cc1.CC. The first-order chi connectivity index (χ1) is 39.1. The van der Waals surface area contributed by atoms with Gasteiger partial charge in [-0.3, -0.25) is 39.0 Å². The number of non-ortho nitro benzene ring substituents is 1. The van der Waals surface area contributed by atoms with Crippen LogP contribution in [0.3, 0.4) is 0 Å². The van der Waals surface area contributed by atoms with Gasteiger partial charge >= 0.3 is 6.16 Å². The Bertz CT molecular complexity index is 2630. The first-order valence-electron chi connectivity index (χ1n) is 27.6. The molecule has 0 spiro atoms. The van der Waals surface area contributed by atoms with Crippen LogP contribution in [-0.2, 0) is 40.9 Å². The van der Waals surface area contributed by atoms with Crippen molar-refractivity contribution >= 4 is 47.1 Å². The molecule has 0 saturated heterocycles. The summed E-state index contributed by atoms with van der Waals surface area (Å²) in [6.45, 7) is 19.9. The third-order valence-electron chi connectivity index (χ3n) is 12.3. The molecule has 436 valence electrons. The maximum Gasteiger partial charge on any atom is 0.514 e. The Morgan fingerprint density at radius 2 is 1.42 bits per heavy atom. The van der Waals surface area contributed by atoms with Crippen LogP contribution in [0.5, 0.6) is 11.5 Å². The van der Waals surface area contributed by atoms with E-state index in [1.807, 2.05) is 120 Å². The van der Waals surface area contributed by atoms with Crippen molar-refractivity contribution in [3.05, 3.63) is 192 Å². The van der Waals surface area contributed by atoms with E-state index in [1.165, 1.54) is 36.4 Å². The Balaban J connectivity index is 0.00000233. The van der Waals surface area contributed by atoms with Crippen LogP contribution >= 0.6 is 0 Å². The van der Waals surface area contributed by atoms with Crippen LogP contribution in [0.15, 0.2) is 171 Å². The Morgan fingerprint density at radius 1 is 0.765 bits per heavy atom. The molecular formula is C64H84N6O11. The number of anilines is 1. The van der Waals surface area contributed by atoms with Gasteiger partial charge in [-0.15, -0.1) is 13.2 Å². The summed E-state index contributed by atoms with van der Waals surface area (Å²) < 4.78 is 15.7. The fourth-order valence-electron chi connectivity index (χ4n) is 8.06. The lowest BCUT2D eigenvalue weighted by Gasteiger charge is -2.34. The van der Waals surface area contributed by atoms with Crippen molar-refractivity contribution in [3.8, 4) is 11.5 Å². The first-order valence-corrected chi connectivity index (χ1v) is 27.6. The standard InChI is InChI=1S/C55H64N6O11.C4H8.C3H6.C2H6/c1-4-6-35-55(34-5-2,42-22-28-45(70-3)29-23-42)56-36-14-13-18-47(52(65)57-43-24-20-41(21-25-43)39-71-54(67)72-46-30-26-44(27-31-46)61(68)69)59-53(66)48(38-40-16-10-7-8-11-17-40)58-49(62)19-12-9-15-37-60-50(63)32-33-51(60)64;1-3-4-2;1-3-2;1-2/h4-7,10-11,16-17,20-33,47-48,56H,2,8-9,12-15,18-19,34-39H2,1,3H3,(H,57,65)(H,58,62)(H,59,66);3-4H,1-2H3;3H,1H2,2H3;1-2H3/b6-4-;4-3-;;/t47?,48-,55?;;;/m0.../s1. The van der Waals surface area contributed by atoms with E-state index in [0.29, 0.717) is 69.2 Å². The van der Waals surface area contributed by atoms with Gasteiger partial charge in [0.1, 0.15) is 30.2 Å². The van der Waals surface area contributed by atoms with E-state index < -0.39 is 40.5 Å². The summed E-state index contributed by atoms with van der Waals surface area (Å²) in [5.74, 6) is -1.26. The predicted octanol–water partition coefficient (Wildman–Crippen LogP) is 12.5. The highest BCUT2D eigenvalue weighted by Crippen LogP contribution is 2.32. The Morgan fingerprint density at radius 3 is 2.02 bits per heavy atom. The molecular weight excluding hydrogens is 1030 g/mol. The Hall–Kier alpha value is -8.44. The van der Waals surface area contributed by atoms with Gasteiger partial charge in [-0.1, -0.05) is 111 Å². The highest BCUT2D eigenvalue weighted by Gasteiger charge is 2.31. The van der Waals surface area contributed by atoms with E-state index in [-0.39, 0.29) is 61.6 Å². The third kappa shape index (κ3) is 25.9.